The number of rotatable bonds is 6. The second kappa shape index (κ2) is 7.18. The Balaban J connectivity index is 2.26. The molecular formula is C14H12N6O5. The van der Waals surface area contributed by atoms with Gasteiger partial charge in [0.25, 0.3) is 5.69 Å². The quantitative estimate of drug-likeness (QED) is 0.621. The first kappa shape index (κ1) is 17.5. The van der Waals surface area contributed by atoms with E-state index in [1.165, 1.54) is 6.07 Å². The van der Waals surface area contributed by atoms with Crippen LogP contribution in [0.25, 0.3) is 0 Å². The standard InChI is InChI=1S/C14H12N6O5/c1-2-13(18-8-11(7-16-18)20(24)25)14(21)17-12-4-3-10(19(22)23)5-9(12)6-15/h3-5,7-8,13H,2H2,1H3,(H,17,21). The second-order valence-electron chi connectivity index (χ2n) is 4.95. The Hall–Kier alpha value is -3.81. The minimum atomic E-state index is -0.838. The van der Waals surface area contributed by atoms with Gasteiger partial charge < -0.3 is 5.32 Å². The predicted molar refractivity (Wildman–Crippen MR) is 84.7 cm³/mol. The first-order chi connectivity index (χ1) is 11.9. The van der Waals surface area contributed by atoms with Gasteiger partial charge in [0, 0.05) is 12.1 Å². The molecule has 2 rings (SSSR count). The van der Waals surface area contributed by atoms with Gasteiger partial charge in [-0.25, -0.2) is 0 Å². The maximum Gasteiger partial charge on any atom is 0.307 e. The maximum absolute atomic E-state index is 12.4. The number of nitro benzene ring substituents is 1. The van der Waals surface area contributed by atoms with Crippen molar-refractivity contribution >= 4 is 23.0 Å². The summed E-state index contributed by atoms with van der Waals surface area (Å²) in [5, 5.41) is 36.9. The maximum atomic E-state index is 12.4. The molecular weight excluding hydrogens is 332 g/mol. The number of anilines is 1. The highest BCUT2D eigenvalue weighted by molar-refractivity contribution is 5.95. The molecule has 0 fully saturated rings. The first-order valence-electron chi connectivity index (χ1n) is 7.05. The molecule has 11 heteroatoms. The van der Waals surface area contributed by atoms with Crippen molar-refractivity contribution in [2.45, 2.75) is 19.4 Å². The molecule has 2 aromatic rings. The van der Waals surface area contributed by atoms with Crippen LogP contribution in [0.5, 0.6) is 0 Å². The van der Waals surface area contributed by atoms with Gasteiger partial charge in [0.2, 0.25) is 5.91 Å². The summed E-state index contributed by atoms with van der Waals surface area (Å²) < 4.78 is 1.16. The van der Waals surface area contributed by atoms with E-state index < -0.39 is 21.8 Å². The zero-order valence-corrected chi connectivity index (χ0v) is 12.9. The van der Waals surface area contributed by atoms with Gasteiger partial charge in [0.15, 0.2) is 0 Å². The van der Waals surface area contributed by atoms with E-state index in [9.17, 15) is 25.0 Å². The van der Waals surface area contributed by atoms with E-state index in [-0.39, 0.29) is 22.6 Å². The van der Waals surface area contributed by atoms with Gasteiger partial charge in [0.1, 0.15) is 24.5 Å². The number of carbonyl (C=O) groups excluding carboxylic acids is 1. The summed E-state index contributed by atoms with van der Waals surface area (Å²) in [5.41, 5.74) is -0.481. The van der Waals surface area contributed by atoms with Crippen LogP contribution in [0.15, 0.2) is 30.6 Å². The highest BCUT2D eigenvalue weighted by Gasteiger charge is 2.23. The molecule has 1 aromatic carbocycles. The van der Waals surface area contributed by atoms with Crippen molar-refractivity contribution in [2.24, 2.45) is 0 Å². The number of nitriles is 1. The van der Waals surface area contributed by atoms with E-state index in [2.05, 4.69) is 10.4 Å². The predicted octanol–water partition coefficient (Wildman–Crippen LogP) is 2.16. The smallest absolute Gasteiger partial charge is 0.307 e. The molecule has 1 unspecified atom stereocenters. The third kappa shape index (κ3) is 3.75. The molecule has 25 heavy (non-hydrogen) atoms. The minimum absolute atomic E-state index is 0.0659. The van der Waals surface area contributed by atoms with Crippen LogP contribution in [0.4, 0.5) is 17.1 Å². The second-order valence-corrected chi connectivity index (χ2v) is 4.95. The number of non-ortho nitro benzene ring substituents is 1. The topological polar surface area (TPSA) is 157 Å². The average Bonchev–Trinajstić information content (AvgIpc) is 3.05. The monoisotopic (exact) mass is 344 g/mol. The number of hydrogen-bond acceptors (Lipinski definition) is 7. The number of aromatic nitrogens is 2. The summed E-state index contributed by atoms with van der Waals surface area (Å²) in [6.45, 7) is 1.69. The molecule has 0 saturated carbocycles. The Morgan fingerprint density at radius 1 is 1.36 bits per heavy atom. The van der Waals surface area contributed by atoms with Gasteiger partial charge in [-0.05, 0) is 12.5 Å². The lowest BCUT2D eigenvalue weighted by atomic mass is 10.1. The fourth-order valence-corrected chi connectivity index (χ4v) is 2.15. The molecule has 1 aromatic heterocycles. The van der Waals surface area contributed by atoms with Crippen molar-refractivity contribution in [1.82, 2.24) is 9.78 Å². The van der Waals surface area contributed by atoms with Crippen LogP contribution in [0.3, 0.4) is 0 Å². The lowest BCUT2D eigenvalue weighted by Gasteiger charge is -2.15. The van der Waals surface area contributed by atoms with Crippen molar-refractivity contribution in [3.8, 4) is 6.07 Å². The molecule has 1 heterocycles. The lowest BCUT2D eigenvalue weighted by Crippen LogP contribution is -2.26. The SMILES string of the molecule is CCC(C(=O)Nc1ccc([N+](=O)[O-])cc1C#N)n1cc([N+](=O)[O-])cn1. The lowest BCUT2D eigenvalue weighted by molar-refractivity contribution is -0.385. The molecule has 0 bridgehead atoms. The van der Waals surface area contributed by atoms with Gasteiger partial charge in [-0.2, -0.15) is 10.4 Å². The fraction of sp³-hybridized carbons (Fsp3) is 0.214. The molecule has 0 radical (unpaired) electrons. The summed E-state index contributed by atoms with van der Waals surface area (Å²) in [6, 6.07) is 4.41. The van der Waals surface area contributed by atoms with Crippen LogP contribution in [0.1, 0.15) is 24.9 Å². The third-order valence-corrected chi connectivity index (χ3v) is 3.40. The highest BCUT2D eigenvalue weighted by Crippen LogP contribution is 2.23. The number of benzene rings is 1. The number of amides is 1. The molecule has 0 spiro atoms. The van der Waals surface area contributed by atoms with E-state index in [4.69, 9.17) is 5.26 Å². The number of carbonyl (C=O) groups is 1. The zero-order valence-electron chi connectivity index (χ0n) is 12.9. The molecule has 0 saturated heterocycles. The summed E-state index contributed by atoms with van der Waals surface area (Å²) >= 11 is 0. The van der Waals surface area contributed by atoms with E-state index in [1.54, 1.807) is 13.0 Å². The van der Waals surface area contributed by atoms with Crippen LogP contribution < -0.4 is 5.32 Å². The third-order valence-electron chi connectivity index (χ3n) is 3.40. The van der Waals surface area contributed by atoms with E-state index in [0.29, 0.717) is 6.42 Å². The van der Waals surface area contributed by atoms with Crippen LogP contribution in [-0.2, 0) is 4.79 Å². The van der Waals surface area contributed by atoms with E-state index in [1.807, 2.05) is 0 Å². The minimum Gasteiger partial charge on any atom is -0.323 e. The largest absolute Gasteiger partial charge is 0.323 e. The summed E-state index contributed by atoms with van der Waals surface area (Å²) in [5.74, 6) is -0.550. The van der Waals surface area contributed by atoms with Crippen LogP contribution >= 0.6 is 0 Å². The molecule has 1 atom stereocenters. The zero-order chi connectivity index (χ0) is 18.6. The number of nitrogens with one attached hydrogen (secondary N) is 1. The molecule has 1 N–H and O–H groups in total. The van der Waals surface area contributed by atoms with Gasteiger partial charge >= 0.3 is 5.69 Å². The molecule has 11 nitrogen and oxygen atoms in total. The van der Waals surface area contributed by atoms with Gasteiger partial charge in [-0.1, -0.05) is 6.92 Å². The van der Waals surface area contributed by atoms with Gasteiger partial charge in [-0.3, -0.25) is 29.7 Å². The Bertz CT molecular complexity index is 884. The molecule has 0 aliphatic rings. The van der Waals surface area contributed by atoms with Crippen LogP contribution in [-0.4, -0.2) is 25.5 Å². The Morgan fingerprint density at radius 2 is 2.04 bits per heavy atom. The molecule has 1 amide bonds. The summed E-state index contributed by atoms with van der Waals surface area (Å²) in [6.07, 6.45) is 2.46. The van der Waals surface area contributed by atoms with E-state index >= 15 is 0 Å². The Morgan fingerprint density at radius 3 is 2.56 bits per heavy atom. The Labute approximate surface area is 140 Å². The van der Waals surface area contributed by atoms with Crippen molar-refractivity contribution in [3.05, 3.63) is 56.4 Å². The van der Waals surface area contributed by atoms with Gasteiger partial charge in [-0.15, -0.1) is 0 Å². The first-order valence-corrected chi connectivity index (χ1v) is 7.05. The summed E-state index contributed by atoms with van der Waals surface area (Å²) in [7, 11) is 0. The summed E-state index contributed by atoms with van der Waals surface area (Å²) in [4.78, 5) is 32.6. The molecule has 128 valence electrons. The number of hydrogen-bond donors (Lipinski definition) is 1. The fourth-order valence-electron chi connectivity index (χ4n) is 2.15. The number of nitrogens with zero attached hydrogens (tertiary/aromatic N) is 5. The van der Waals surface area contributed by atoms with Gasteiger partial charge in [0.05, 0.1) is 21.1 Å². The van der Waals surface area contributed by atoms with Crippen molar-refractivity contribution in [2.75, 3.05) is 5.32 Å². The van der Waals surface area contributed by atoms with Crippen molar-refractivity contribution in [3.63, 3.8) is 0 Å². The van der Waals surface area contributed by atoms with Crippen molar-refractivity contribution < 1.29 is 14.6 Å². The average molecular weight is 344 g/mol. The van der Waals surface area contributed by atoms with Crippen LogP contribution in [0, 0.1) is 31.6 Å². The molecule has 0 aliphatic carbocycles. The number of nitro groups is 2. The Kier molecular flexibility index (Phi) is 5.03. The van der Waals surface area contributed by atoms with Crippen molar-refractivity contribution in [1.29, 1.82) is 5.26 Å². The van der Waals surface area contributed by atoms with E-state index in [0.717, 1.165) is 29.2 Å². The molecule has 0 aliphatic heterocycles. The van der Waals surface area contributed by atoms with Crippen LogP contribution in [0.2, 0.25) is 0 Å². The normalized spacial score (nSPS) is 11.4. The highest BCUT2D eigenvalue weighted by atomic mass is 16.6.